The highest BCUT2D eigenvalue weighted by Crippen LogP contribution is 2.25. The van der Waals surface area contributed by atoms with Crippen LogP contribution < -0.4 is 0 Å². The summed E-state index contributed by atoms with van der Waals surface area (Å²) in [6, 6.07) is 7.28. The van der Waals surface area contributed by atoms with Crippen molar-refractivity contribution in [2.24, 2.45) is 0 Å². The Bertz CT molecular complexity index is 526. The van der Waals surface area contributed by atoms with Crippen molar-refractivity contribution in [3.05, 3.63) is 35.4 Å². The van der Waals surface area contributed by atoms with Crippen LogP contribution in [0.25, 0.3) is 0 Å². The van der Waals surface area contributed by atoms with Crippen LogP contribution >= 0.6 is 0 Å². The molecule has 0 aliphatic carbocycles. The third-order valence-electron chi connectivity index (χ3n) is 4.12. The highest BCUT2D eigenvalue weighted by Gasteiger charge is 2.36. The van der Waals surface area contributed by atoms with Crippen molar-refractivity contribution in [3.8, 4) is 0 Å². The molecule has 5 heteroatoms. The molecule has 1 aromatic rings. The fourth-order valence-electron chi connectivity index (χ4n) is 2.96. The molecule has 0 spiro atoms. The van der Waals surface area contributed by atoms with Crippen molar-refractivity contribution in [1.29, 1.82) is 0 Å². The molecule has 1 aliphatic heterocycles. The van der Waals surface area contributed by atoms with Gasteiger partial charge < -0.3 is 14.7 Å². The summed E-state index contributed by atoms with van der Waals surface area (Å²) in [5.41, 5.74) is 1.81. The van der Waals surface area contributed by atoms with Gasteiger partial charge in [0, 0.05) is 25.3 Å². The fourth-order valence-corrected chi connectivity index (χ4v) is 2.96. The summed E-state index contributed by atoms with van der Waals surface area (Å²) in [7, 11) is 1.59. The Morgan fingerprint density at radius 2 is 2.00 bits per heavy atom. The topological polar surface area (TPSA) is 66.8 Å². The molecule has 1 aromatic carbocycles. The minimum atomic E-state index is -0.891. The van der Waals surface area contributed by atoms with Crippen molar-refractivity contribution in [1.82, 2.24) is 4.90 Å². The van der Waals surface area contributed by atoms with Gasteiger partial charge in [-0.15, -0.1) is 0 Å². The number of carbonyl (C=O) groups excluding carboxylic acids is 1. The number of amides is 1. The third-order valence-corrected chi connectivity index (χ3v) is 4.12. The molecule has 1 saturated heterocycles. The Balaban J connectivity index is 2.13. The lowest BCUT2D eigenvalue weighted by molar-refractivity contribution is -0.137. The van der Waals surface area contributed by atoms with Crippen molar-refractivity contribution >= 4 is 11.9 Å². The quantitative estimate of drug-likeness (QED) is 0.876. The van der Waals surface area contributed by atoms with Gasteiger partial charge in [0.25, 0.3) is 5.91 Å². The number of likely N-dealkylation sites (tertiary alicyclic amines) is 1. The van der Waals surface area contributed by atoms with Gasteiger partial charge in [0.1, 0.15) is 0 Å². The SMILES string of the molecule is CCCc1ccc(C(=O)N2CC(OC)CC2CC(=O)O)cc1. The summed E-state index contributed by atoms with van der Waals surface area (Å²) in [5.74, 6) is -1.01. The van der Waals surface area contributed by atoms with E-state index >= 15 is 0 Å². The molecule has 1 aliphatic rings. The predicted octanol–water partition coefficient (Wildman–Crippen LogP) is 2.34. The summed E-state index contributed by atoms with van der Waals surface area (Å²) < 4.78 is 5.30. The van der Waals surface area contributed by atoms with Gasteiger partial charge in [-0.3, -0.25) is 9.59 Å². The maximum atomic E-state index is 12.6. The van der Waals surface area contributed by atoms with E-state index in [1.807, 2.05) is 24.3 Å². The largest absolute Gasteiger partial charge is 0.481 e. The van der Waals surface area contributed by atoms with Gasteiger partial charge in [0.2, 0.25) is 0 Å². The van der Waals surface area contributed by atoms with E-state index in [1.165, 1.54) is 5.56 Å². The van der Waals surface area contributed by atoms with E-state index in [1.54, 1.807) is 12.0 Å². The van der Waals surface area contributed by atoms with Gasteiger partial charge in [-0.25, -0.2) is 0 Å². The van der Waals surface area contributed by atoms with Crippen LogP contribution in [0.15, 0.2) is 24.3 Å². The number of aliphatic carboxylic acids is 1. The Morgan fingerprint density at radius 1 is 1.32 bits per heavy atom. The third kappa shape index (κ3) is 3.85. The van der Waals surface area contributed by atoms with E-state index < -0.39 is 5.97 Å². The van der Waals surface area contributed by atoms with Crippen molar-refractivity contribution in [2.75, 3.05) is 13.7 Å². The monoisotopic (exact) mass is 305 g/mol. The Labute approximate surface area is 130 Å². The standard InChI is InChI=1S/C17H23NO4/c1-3-4-12-5-7-13(8-6-12)17(21)18-11-15(22-2)9-14(18)10-16(19)20/h5-8,14-15H,3-4,9-11H2,1-2H3,(H,19,20). The first-order valence-corrected chi connectivity index (χ1v) is 7.69. The lowest BCUT2D eigenvalue weighted by Crippen LogP contribution is -2.37. The van der Waals surface area contributed by atoms with Gasteiger partial charge in [-0.2, -0.15) is 0 Å². The maximum Gasteiger partial charge on any atom is 0.305 e. The van der Waals surface area contributed by atoms with Crippen molar-refractivity contribution < 1.29 is 19.4 Å². The Hall–Kier alpha value is -1.88. The number of nitrogens with zero attached hydrogens (tertiary/aromatic N) is 1. The van der Waals surface area contributed by atoms with Crippen LogP contribution in [0.5, 0.6) is 0 Å². The normalized spacial score (nSPS) is 21.1. The average molecular weight is 305 g/mol. The summed E-state index contributed by atoms with van der Waals surface area (Å²) in [6.45, 7) is 2.56. The molecular weight excluding hydrogens is 282 g/mol. The average Bonchev–Trinajstić information content (AvgIpc) is 2.90. The Kier molecular flexibility index (Phi) is 5.55. The number of carbonyl (C=O) groups is 2. The zero-order valence-electron chi connectivity index (χ0n) is 13.1. The molecule has 0 saturated carbocycles. The second kappa shape index (κ2) is 7.40. The van der Waals surface area contributed by atoms with Crippen LogP contribution in [0, 0.1) is 0 Å². The van der Waals surface area contributed by atoms with Gasteiger partial charge in [0.15, 0.2) is 0 Å². The van der Waals surface area contributed by atoms with E-state index in [-0.39, 0.29) is 24.5 Å². The smallest absolute Gasteiger partial charge is 0.305 e. The van der Waals surface area contributed by atoms with E-state index in [2.05, 4.69) is 6.92 Å². The van der Waals surface area contributed by atoms with Crippen LogP contribution in [0.1, 0.15) is 42.1 Å². The second-order valence-corrected chi connectivity index (χ2v) is 5.75. The van der Waals surface area contributed by atoms with E-state index in [0.717, 1.165) is 12.8 Å². The highest BCUT2D eigenvalue weighted by atomic mass is 16.5. The molecule has 120 valence electrons. The lowest BCUT2D eigenvalue weighted by atomic mass is 10.1. The van der Waals surface area contributed by atoms with Crippen molar-refractivity contribution in [2.45, 2.75) is 44.8 Å². The molecule has 0 radical (unpaired) electrons. The van der Waals surface area contributed by atoms with Gasteiger partial charge in [0.05, 0.1) is 12.5 Å². The molecule has 1 fully saturated rings. The number of methoxy groups -OCH3 is 1. The lowest BCUT2D eigenvalue weighted by Gasteiger charge is -2.23. The number of rotatable bonds is 6. The highest BCUT2D eigenvalue weighted by molar-refractivity contribution is 5.95. The zero-order valence-corrected chi connectivity index (χ0v) is 13.1. The maximum absolute atomic E-state index is 12.6. The molecule has 1 heterocycles. The van der Waals surface area contributed by atoms with Crippen molar-refractivity contribution in [3.63, 3.8) is 0 Å². The zero-order chi connectivity index (χ0) is 16.1. The minimum absolute atomic E-state index is 0.0421. The molecule has 1 amide bonds. The Morgan fingerprint density at radius 3 is 2.55 bits per heavy atom. The second-order valence-electron chi connectivity index (χ2n) is 5.75. The number of ether oxygens (including phenoxy) is 1. The molecule has 1 N–H and O–H groups in total. The van der Waals surface area contributed by atoms with E-state index in [0.29, 0.717) is 18.5 Å². The first-order valence-electron chi connectivity index (χ1n) is 7.69. The molecule has 0 aromatic heterocycles. The number of carboxylic acids is 1. The van der Waals surface area contributed by atoms with Crippen LogP contribution in [-0.2, 0) is 16.0 Å². The molecule has 22 heavy (non-hydrogen) atoms. The fraction of sp³-hybridized carbons (Fsp3) is 0.529. The molecule has 2 unspecified atom stereocenters. The molecular formula is C17H23NO4. The molecule has 2 rings (SSSR count). The minimum Gasteiger partial charge on any atom is -0.481 e. The number of benzene rings is 1. The van der Waals surface area contributed by atoms with Gasteiger partial charge >= 0.3 is 5.97 Å². The van der Waals surface area contributed by atoms with Crippen LogP contribution in [-0.4, -0.2) is 47.7 Å². The first kappa shape index (κ1) is 16.5. The predicted molar refractivity (Wildman–Crippen MR) is 82.9 cm³/mol. The summed E-state index contributed by atoms with van der Waals surface area (Å²) >= 11 is 0. The van der Waals surface area contributed by atoms with Crippen LogP contribution in [0.3, 0.4) is 0 Å². The molecule has 5 nitrogen and oxygen atoms in total. The first-order chi connectivity index (χ1) is 10.5. The number of hydrogen-bond donors (Lipinski definition) is 1. The van der Waals surface area contributed by atoms with Crippen LogP contribution in [0.4, 0.5) is 0 Å². The molecule has 2 atom stereocenters. The summed E-state index contributed by atoms with van der Waals surface area (Å²) in [6.07, 6.45) is 2.50. The van der Waals surface area contributed by atoms with E-state index in [9.17, 15) is 9.59 Å². The summed E-state index contributed by atoms with van der Waals surface area (Å²) in [5, 5.41) is 9.02. The van der Waals surface area contributed by atoms with Gasteiger partial charge in [-0.1, -0.05) is 25.5 Å². The number of aryl methyl sites for hydroxylation is 1. The summed E-state index contributed by atoms with van der Waals surface area (Å²) in [4.78, 5) is 25.3. The number of hydrogen-bond acceptors (Lipinski definition) is 3. The van der Waals surface area contributed by atoms with Gasteiger partial charge in [-0.05, 0) is 30.5 Å². The molecule has 0 bridgehead atoms. The van der Waals surface area contributed by atoms with E-state index in [4.69, 9.17) is 9.84 Å². The van der Waals surface area contributed by atoms with Crippen LogP contribution in [0.2, 0.25) is 0 Å². The number of carboxylic acid groups (broad SMARTS) is 1.